The number of benzene rings is 1. The third-order valence-corrected chi connectivity index (χ3v) is 2.90. The summed E-state index contributed by atoms with van der Waals surface area (Å²) < 4.78 is 1.41. The van der Waals surface area contributed by atoms with Gasteiger partial charge in [0, 0.05) is 6.54 Å². The second-order valence-corrected chi connectivity index (χ2v) is 4.78. The number of aromatic nitrogens is 3. The largest absolute Gasteiger partial charge is 0.387 e. The number of hydrogen-bond donors (Lipinski definition) is 2. The molecular weight excluding hydrogens is 256 g/mol. The molecule has 0 radical (unpaired) electrons. The Morgan fingerprint density at radius 3 is 2.70 bits per heavy atom. The summed E-state index contributed by atoms with van der Waals surface area (Å²) in [4.78, 5) is 11.8. The molecule has 0 aliphatic rings. The highest BCUT2D eigenvalue weighted by Gasteiger charge is 2.09. The molecule has 0 saturated carbocycles. The molecule has 6 heteroatoms. The molecule has 0 saturated heterocycles. The Balaban J connectivity index is 1.84. The van der Waals surface area contributed by atoms with Crippen LogP contribution in [0.2, 0.25) is 0 Å². The van der Waals surface area contributed by atoms with Gasteiger partial charge in [0.2, 0.25) is 5.91 Å². The Kier molecular flexibility index (Phi) is 4.47. The SMILES string of the molecule is Cc1ccc(CNC(=O)Cn2cc(C(C)O)nn2)cc1. The second-order valence-electron chi connectivity index (χ2n) is 4.78. The molecule has 2 rings (SSSR count). The van der Waals surface area contributed by atoms with E-state index in [1.165, 1.54) is 10.2 Å². The molecule has 1 heterocycles. The fraction of sp³-hybridized carbons (Fsp3) is 0.357. The zero-order valence-corrected chi connectivity index (χ0v) is 11.6. The molecule has 106 valence electrons. The fourth-order valence-corrected chi connectivity index (χ4v) is 1.69. The predicted octanol–water partition coefficient (Wildman–Crippen LogP) is 0.956. The Morgan fingerprint density at radius 2 is 2.10 bits per heavy atom. The lowest BCUT2D eigenvalue weighted by molar-refractivity contribution is -0.122. The lowest BCUT2D eigenvalue weighted by Crippen LogP contribution is -2.27. The molecule has 6 nitrogen and oxygen atoms in total. The minimum atomic E-state index is -0.681. The van der Waals surface area contributed by atoms with Crippen molar-refractivity contribution in [1.82, 2.24) is 20.3 Å². The average molecular weight is 274 g/mol. The summed E-state index contributed by atoms with van der Waals surface area (Å²) in [7, 11) is 0. The van der Waals surface area contributed by atoms with Gasteiger partial charge in [0.1, 0.15) is 12.2 Å². The summed E-state index contributed by atoms with van der Waals surface area (Å²) in [6.45, 7) is 4.20. The zero-order valence-electron chi connectivity index (χ0n) is 11.6. The summed E-state index contributed by atoms with van der Waals surface area (Å²) in [6.07, 6.45) is 0.884. The molecule has 1 aromatic heterocycles. The maximum absolute atomic E-state index is 11.8. The van der Waals surface area contributed by atoms with Crippen LogP contribution >= 0.6 is 0 Å². The quantitative estimate of drug-likeness (QED) is 0.851. The van der Waals surface area contributed by atoms with Crippen molar-refractivity contribution in [2.24, 2.45) is 0 Å². The summed E-state index contributed by atoms with van der Waals surface area (Å²) in [5.74, 6) is -0.146. The van der Waals surface area contributed by atoms with Gasteiger partial charge in [-0.05, 0) is 19.4 Å². The van der Waals surface area contributed by atoms with Crippen LogP contribution in [0, 0.1) is 6.92 Å². The Bertz CT molecular complexity index is 575. The number of nitrogens with zero attached hydrogens (tertiary/aromatic N) is 3. The number of carbonyl (C=O) groups excluding carboxylic acids is 1. The van der Waals surface area contributed by atoms with Crippen molar-refractivity contribution in [2.75, 3.05) is 0 Å². The van der Waals surface area contributed by atoms with Gasteiger partial charge in [-0.1, -0.05) is 35.0 Å². The van der Waals surface area contributed by atoms with E-state index in [1.54, 1.807) is 13.1 Å². The van der Waals surface area contributed by atoms with Crippen molar-refractivity contribution < 1.29 is 9.90 Å². The lowest BCUT2D eigenvalue weighted by Gasteiger charge is -2.05. The number of nitrogens with one attached hydrogen (secondary N) is 1. The zero-order chi connectivity index (χ0) is 14.5. The first-order chi connectivity index (χ1) is 9.54. The molecule has 0 bridgehead atoms. The molecule has 0 spiro atoms. The normalized spacial score (nSPS) is 12.2. The van der Waals surface area contributed by atoms with Crippen LogP contribution in [0.5, 0.6) is 0 Å². The first-order valence-corrected chi connectivity index (χ1v) is 6.45. The van der Waals surface area contributed by atoms with Crippen LogP contribution in [0.15, 0.2) is 30.5 Å². The van der Waals surface area contributed by atoms with E-state index in [0.717, 1.165) is 5.56 Å². The first-order valence-electron chi connectivity index (χ1n) is 6.45. The fourth-order valence-electron chi connectivity index (χ4n) is 1.69. The van der Waals surface area contributed by atoms with Crippen LogP contribution < -0.4 is 5.32 Å². The monoisotopic (exact) mass is 274 g/mol. The maximum Gasteiger partial charge on any atom is 0.242 e. The van der Waals surface area contributed by atoms with Crippen LogP contribution in [0.25, 0.3) is 0 Å². The molecule has 1 aromatic carbocycles. The Hall–Kier alpha value is -2.21. The highest BCUT2D eigenvalue weighted by molar-refractivity contribution is 5.75. The van der Waals surface area contributed by atoms with Crippen LogP contribution in [-0.2, 0) is 17.9 Å². The van der Waals surface area contributed by atoms with E-state index in [1.807, 2.05) is 31.2 Å². The summed E-state index contributed by atoms with van der Waals surface area (Å²) in [5.41, 5.74) is 2.69. The van der Waals surface area contributed by atoms with Crippen molar-refractivity contribution in [3.8, 4) is 0 Å². The standard InChI is InChI=1S/C14H18N4O2/c1-10-3-5-12(6-4-10)7-15-14(20)9-18-8-13(11(2)19)16-17-18/h3-6,8,11,19H,7,9H2,1-2H3,(H,15,20). The third-order valence-electron chi connectivity index (χ3n) is 2.90. The van der Waals surface area contributed by atoms with E-state index in [2.05, 4.69) is 15.6 Å². The van der Waals surface area contributed by atoms with Gasteiger partial charge in [0.25, 0.3) is 0 Å². The summed E-state index contributed by atoms with van der Waals surface area (Å²) in [5, 5.41) is 19.7. The highest BCUT2D eigenvalue weighted by atomic mass is 16.3. The molecular formula is C14H18N4O2. The van der Waals surface area contributed by atoms with Crippen LogP contribution in [0.3, 0.4) is 0 Å². The van der Waals surface area contributed by atoms with E-state index in [9.17, 15) is 9.90 Å². The number of hydrogen-bond acceptors (Lipinski definition) is 4. The van der Waals surface area contributed by atoms with E-state index >= 15 is 0 Å². The second kappa shape index (κ2) is 6.29. The van der Waals surface area contributed by atoms with Gasteiger partial charge in [-0.3, -0.25) is 4.79 Å². The summed E-state index contributed by atoms with van der Waals surface area (Å²) >= 11 is 0. The van der Waals surface area contributed by atoms with Crippen molar-refractivity contribution >= 4 is 5.91 Å². The van der Waals surface area contributed by atoms with E-state index in [4.69, 9.17) is 0 Å². The Labute approximate surface area is 117 Å². The van der Waals surface area contributed by atoms with Crippen molar-refractivity contribution in [2.45, 2.75) is 33.0 Å². The minimum absolute atomic E-state index is 0.0889. The van der Waals surface area contributed by atoms with Gasteiger partial charge < -0.3 is 10.4 Å². The number of aryl methyl sites for hydroxylation is 1. The van der Waals surface area contributed by atoms with E-state index < -0.39 is 6.10 Å². The van der Waals surface area contributed by atoms with Gasteiger partial charge in [-0.15, -0.1) is 5.10 Å². The van der Waals surface area contributed by atoms with Gasteiger partial charge in [0.15, 0.2) is 0 Å². The van der Waals surface area contributed by atoms with E-state index in [0.29, 0.717) is 12.2 Å². The molecule has 2 N–H and O–H groups in total. The smallest absolute Gasteiger partial charge is 0.242 e. The number of aliphatic hydroxyl groups is 1. The Morgan fingerprint density at radius 1 is 1.40 bits per heavy atom. The van der Waals surface area contributed by atoms with Gasteiger partial charge in [0.05, 0.1) is 12.3 Å². The topological polar surface area (TPSA) is 80.0 Å². The van der Waals surface area contributed by atoms with Crippen LogP contribution in [-0.4, -0.2) is 26.0 Å². The predicted molar refractivity (Wildman–Crippen MR) is 73.7 cm³/mol. The van der Waals surface area contributed by atoms with Crippen LogP contribution in [0.1, 0.15) is 29.8 Å². The van der Waals surface area contributed by atoms with Crippen LogP contribution in [0.4, 0.5) is 0 Å². The highest BCUT2D eigenvalue weighted by Crippen LogP contribution is 2.06. The first kappa shape index (κ1) is 14.2. The van der Waals surface area contributed by atoms with Crippen molar-refractivity contribution in [1.29, 1.82) is 0 Å². The van der Waals surface area contributed by atoms with Gasteiger partial charge >= 0.3 is 0 Å². The summed E-state index contributed by atoms with van der Waals surface area (Å²) in [6, 6.07) is 7.98. The molecule has 0 aliphatic heterocycles. The van der Waals surface area contributed by atoms with E-state index in [-0.39, 0.29) is 12.5 Å². The van der Waals surface area contributed by atoms with Crippen molar-refractivity contribution in [3.63, 3.8) is 0 Å². The average Bonchev–Trinajstić information content (AvgIpc) is 2.87. The molecule has 1 atom stereocenters. The molecule has 0 fully saturated rings. The molecule has 1 amide bonds. The van der Waals surface area contributed by atoms with Crippen molar-refractivity contribution in [3.05, 3.63) is 47.3 Å². The number of aliphatic hydroxyl groups excluding tert-OH is 1. The maximum atomic E-state index is 11.8. The molecule has 2 aromatic rings. The molecule has 0 aliphatic carbocycles. The minimum Gasteiger partial charge on any atom is -0.387 e. The molecule has 20 heavy (non-hydrogen) atoms. The lowest BCUT2D eigenvalue weighted by atomic mass is 10.1. The van der Waals surface area contributed by atoms with Gasteiger partial charge in [-0.25, -0.2) is 4.68 Å². The molecule has 1 unspecified atom stereocenters. The number of amides is 1. The third kappa shape index (κ3) is 3.89. The number of carbonyl (C=O) groups is 1. The number of rotatable bonds is 5. The van der Waals surface area contributed by atoms with Gasteiger partial charge in [-0.2, -0.15) is 0 Å².